The van der Waals surface area contributed by atoms with E-state index in [1.165, 1.54) is 0 Å². The van der Waals surface area contributed by atoms with Gasteiger partial charge < -0.3 is 15.4 Å². The molecule has 4 nitrogen and oxygen atoms in total. The standard InChI is InChI=1S/C10H23N3O/c1-8(10(11)12)7-13(3)9(2)5-6-14-4/h8-9H,5-7H2,1-4H3,(H3,11,12). The van der Waals surface area contributed by atoms with Crippen molar-refractivity contribution < 1.29 is 4.74 Å². The van der Waals surface area contributed by atoms with Crippen molar-refractivity contribution in [3.8, 4) is 0 Å². The lowest BCUT2D eigenvalue weighted by Gasteiger charge is -2.26. The topological polar surface area (TPSA) is 62.3 Å². The molecule has 0 heterocycles. The van der Waals surface area contributed by atoms with E-state index in [1.807, 2.05) is 6.92 Å². The average molecular weight is 201 g/mol. The largest absolute Gasteiger partial charge is 0.387 e. The maximum absolute atomic E-state index is 7.30. The molecule has 0 aromatic rings. The van der Waals surface area contributed by atoms with E-state index in [0.29, 0.717) is 6.04 Å². The van der Waals surface area contributed by atoms with Crippen LogP contribution in [0.3, 0.4) is 0 Å². The number of methoxy groups -OCH3 is 1. The molecule has 0 saturated carbocycles. The Kier molecular flexibility index (Phi) is 6.49. The number of nitrogens with one attached hydrogen (secondary N) is 1. The van der Waals surface area contributed by atoms with E-state index in [4.69, 9.17) is 15.9 Å². The summed E-state index contributed by atoms with van der Waals surface area (Å²) in [4.78, 5) is 2.21. The van der Waals surface area contributed by atoms with Crippen LogP contribution < -0.4 is 5.73 Å². The van der Waals surface area contributed by atoms with Gasteiger partial charge in [-0.2, -0.15) is 0 Å². The highest BCUT2D eigenvalue weighted by molar-refractivity contribution is 5.79. The summed E-state index contributed by atoms with van der Waals surface area (Å²) in [6, 6.07) is 0.469. The monoisotopic (exact) mass is 201 g/mol. The summed E-state index contributed by atoms with van der Waals surface area (Å²) >= 11 is 0. The zero-order valence-corrected chi connectivity index (χ0v) is 9.71. The van der Waals surface area contributed by atoms with E-state index < -0.39 is 0 Å². The molecule has 0 aromatic carbocycles. The third-order valence-electron chi connectivity index (χ3n) is 2.58. The molecule has 0 spiro atoms. The summed E-state index contributed by atoms with van der Waals surface area (Å²) in [7, 11) is 3.77. The Labute approximate surface area is 86.9 Å². The maximum Gasteiger partial charge on any atom is 0.0947 e. The van der Waals surface area contributed by atoms with Crippen LogP contribution in [0.1, 0.15) is 20.3 Å². The van der Waals surface area contributed by atoms with Crippen LogP contribution in [0.4, 0.5) is 0 Å². The van der Waals surface area contributed by atoms with Gasteiger partial charge in [-0.05, 0) is 20.4 Å². The lowest BCUT2D eigenvalue weighted by Crippen LogP contribution is -2.37. The van der Waals surface area contributed by atoms with Crippen LogP contribution in [0.15, 0.2) is 0 Å². The molecule has 0 bridgehead atoms. The Morgan fingerprint density at radius 3 is 2.50 bits per heavy atom. The van der Waals surface area contributed by atoms with Crippen LogP contribution in [0, 0.1) is 11.3 Å². The third-order valence-corrected chi connectivity index (χ3v) is 2.58. The molecule has 2 unspecified atom stereocenters. The number of amidine groups is 1. The average Bonchev–Trinajstić information content (AvgIpc) is 2.13. The zero-order valence-electron chi connectivity index (χ0n) is 9.71. The molecule has 0 fully saturated rings. The van der Waals surface area contributed by atoms with E-state index >= 15 is 0 Å². The van der Waals surface area contributed by atoms with Crippen LogP contribution in [0.25, 0.3) is 0 Å². The fraction of sp³-hybridized carbons (Fsp3) is 0.900. The van der Waals surface area contributed by atoms with E-state index in [2.05, 4.69) is 18.9 Å². The maximum atomic E-state index is 7.30. The molecule has 0 aliphatic carbocycles. The van der Waals surface area contributed by atoms with E-state index in [9.17, 15) is 0 Å². The predicted molar refractivity (Wildman–Crippen MR) is 59.7 cm³/mol. The van der Waals surface area contributed by atoms with Gasteiger partial charge in [0.25, 0.3) is 0 Å². The van der Waals surface area contributed by atoms with Crippen molar-refractivity contribution in [2.75, 3.05) is 27.3 Å². The minimum Gasteiger partial charge on any atom is -0.387 e. The SMILES string of the molecule is COCCC(C)N(C)CC(C)C(=N)N. The second kappa shape index (κ2) is 6.79. The number of hydrogen-bond donors (Lipinski definition) is 2. The van der Waals surface area contributed by atoms with Crippen molar-refractivity contribution in [1.82, 2.24) is 4.90 Å². The summed E-state index contributed by atoms with van der Waals surface area (Å²) in [6.07, 6.45) is 1.01. The lowest BCUT2D eigenvalue weighted by molar-refractivity contribution is 0.149. The second-order valence-electron chi connectivity index (χ2n) is 3.93. The van der Waals surface area contributed by atoms with Gasteiger partial charge in [0.1, 0.15) is 0 Å². The highest BCUT2D eigenvalue weighted by Crippen LogP contribution is 2.05. The van der Waals surface area contributed by atoms with Gasteiger partial charge in [-0.1, -0.05) is 6.92 Å². The summed E-state index contributed by atoms with van der Waals surface area (Å²) in [5.41, 5.74) is 5.42. The first-order valence-corrected chi connectivity index (χ1v) is 5.02. The first-order chi connectivity index (χ1) is 6.49. The Morgan fingerprint density at radius 2 is 2.07 bits per heavy atom. The number of nitrogens with two attached hydrogens (primary N) is 1. The molecule has 0 amide bonds. The van der Waals surface area contributed by atoms with Gasteiger partial charge in [-0.3, -0.25) is 5.41 Å². The predicted octanol–water partition coefficient (Wildman–Crippen LogP) is 0.915. The first-order valence-electron chi connectivity index (χ1n) is 5.02. The van der Waals surface area contributed by atoms with Gasteiger partial charge in [0.2, 0.25) is 0 Å². The van der Waals surface area contributed by atoms with Crippen molar-refractivity contribution in [3.05, 3.63) is 0 Å². The van der Waals surface area contributed by atoms with Gasteiger partial charge in [0.05, 0.1) is 5.84 Å². The Hall–Kier alpha value is -0.610. The van der Waals surface area contributed by atoms with Crippen molar-refractivity contribution in [3.63, 3.8) is 0 Å². The normalized spacial score (nSPS) is 15.5. The van der Waals surface area contributed by atoms with Gasteiger partial charge >= 0.3 is 0 Å². The smallest absolute Gasteiger partial charge is 0.0947 e. The molecular weight excluding hydrogens is 178 g/mol. The molecule has 0 saturated heterocycles. The third kappa shape index (κ3) is 5.19. The molecule has 2 atom stereocenters. The van der Waals surface area contributed by atoms with Crippen LogP contribution in [0.2, 0.25) is 0 Å². The molecule has 3 N–H and O–H groups in total. The summed E-state index contributed by atoms with van der Waals surface area (Å²) in [5.74, 6) is 0.390. The van der Waals surface area contributed by atoms with Crippen LogP contribution in [-0.4, -0.2) is 44.1 Å². The zero-order chi connectivity index (χ0) is 11.1. The minimum atomic E-state index is 0.130. The van der Waals surface area contributed by atoms with Crippen molar-refractivity contribution in [1.29, 1.82) is 5.41 Å². The van der Waals surface area contributed by atoms with Gasteiger partial charge in [0, 0.05) is 32.2 Å². The molecule has 14 heavy (non-hydrogen) atoms. The molecule has 4 heteroatoms. The highest BCUT2D eigenvalue weighted by atomic mass is 16.5. The first kappa shape index (κ1) is 13.4. The van der Waals surface area contributed by atoms with Crippen LogP contribution in [-0.2, 0) is 4.74 Å². The number of nitrogens with zero attached hydrogens (tertiary/aromatic N) is 1. The molecule has 0 rings (SSSR count). The van der Waals surface area contributed by atoms with E-state index in [1.54, 1.807) is 7.11 Å². The number of ether oxygens (including phenoxy) is 1. The second-order valence-corrected chi connectivity index (χ2v) is 3.93. The summed E-state index contributed by atoms with van der Waals surface area (Å²) < 4.78 is 5.02. The Balaban J connectivity index is 3.81. The number of hydrogen-bond acceptors (Lipinski definition) is 3. The Bertz CT molecular complexity index is 173. The lowest BCUT2D eigenvalue weighted by atomic mass is 10.1. The van der Waals surface area contributed by atoms with E-state index in [-0.39, 0.29) is 11.8 Å². The summed E-state index contributed by atoms with van der Waals surface area (Å²) in [5, 5.41) is 7.30. The van der Waals surface area contributed by atoms with E-state index in [0.717, 1.165) is 19.6 Å². The molecule has 0 radical (unpaired) electrons. The fourth-order valence-electron chi connectivity index (χ4n) is 1.22. The molecule has 0 aliphatic rings. The highest BCUT2D eigenvalue weighted by Gasteiger charge is 2.13. The van der Waals surface area contributed by atoms with Crippen molar-refractivity contribution in [2.24, 2.45) is 11.7 Å². The van der Waals surface area contributed by atoms with Gasteiger partial charge in [-0.15, -0.1) is 0 Å². The minimum absolute atomic E-state index is 0.130. The van der Waals surface area contributed by atoms with Crippen LogP contribution >= 0.6 is 0 Å². The van der Waals surface area contributed by atoms with Gasteiger partial charge in [0.15, 0.2) is 0 Å². The van der Waals surface area contributed by atoms with Crippen LogP contribution in [0.5, 0.6) is 0 Å². The van der Waals surface area contributed by atoms with Gasteiger partial charge in [-0.25, -0.2) is 0 Å². The molecule has 84 valence electrons. The van der Waals surface area contributed by atoms with Crippen molar-refractivity contribution >= 4 is 5.84 Å². The number of rotatable bonds is 7. The molecule has 0 aromatic heterocycles. The molecular formula is C10H23N3O. The fourth-order valence-corrected chi connectivity index (χ4v) is 1.22. The van der Waals surface area contributed by atoms with Crippen molar-refractivity contribution in [2.45, 2.75) is 26.3 Å². The summed E-state index contributed by atoms with van der Waals surface area (Å²) in [6.45, 7) is 5.74. The quantitative estimate of drug-likeness (QED) is 0.475. The Morgan fingerprint density at radius 1 is 1.50 bits per heavy atom. The molecule has 0 aliphatic heterocycles.